The number of thiazole rings is 1. The zero-order chi connectivity index (χ0) is 17.4. The fraction of sp³-hybridized carbons (Fsp3) is 0.118. The Labute approximate surface area is 145 Å². The average Bonchev–Trinajstić information content (AvgIpc) is 3.28. The van der Waals surface area contributed by atoms with Crippen LogP contribution in [0, 0.1) is 0 Å². The maximum absolute atomic E-state index is 12.4. The van der Waals surface area contributed by atoms with Crippen LogP contribution in [-0.2, 0) is 11.2 Å². The maximum atomic E-state index is 12.4. The molecule has 3 heterocycles. The second-order valence-corrected chi connectivity index (χ2v) is 6.52. The number of rotatable bonds is 5. The van der Waals surface area contributed by atoms with E-state index in [9.17, 15) is 14.7 Å². The Morgan fingerprint density at radius 1 is 1.36 bits per heavy atom. The molecule has 25 heavy (non-hydrogen) atoms. The van der Waals surface area contributed by atoms with Gasteiger partial charge in [-0.05, 0) is 11.6 Å². The number of nitrogens with zero attached hydrogens (tertiary/aromatic N) is 2. The van der Waals surface area contributed by atoms with E-state index in [2.05, 4.69) is 15.3 Å². The number of para-hydroxylation sites is 1. The Bertz CT molecular complexity index is 1050. The van der Waals surface area contributed by atoms with Gasteiger partial charge in [0.1, 0.15) is 11.7 Å². The summed E-state index contributed by atoms with van der Waals surface area (Å²) in [5.74, 6) is -1.58. The Balaban J connectivity index is 1.56. The lowest BCUT2D eigenvalue weighted by atomic mass is 10.0. The summed E-state index contributed by atoms with van der Waals surface area (Å²) < 4.78 is 1.73. The number of amides is 1. The van der Waals surface area contributed by atoms with Gasteiger partial charge in [-0.25, -0.2) is 9.78 Å². The van der Waals surface area contributed by atoms with Gasteiger partial charge < -0.3 is 15.4 Å². The molecule has 8 heteroatoms. The fourth-order valence-electron chi connectivity index (χ4n) is 2.79. The molecule has 0 bridgehead atoms. The van der Waals surface area contributed by atoms with Crippen LogP contribution in [0.4, 0.5) is 0 Å². The van der Waals surface area contributed by atoms with Crippen molar-refractivity contribution in [1.29, 1.82) is 0 Å². The van der Waals surface area contributed by atoms with Gasteiger partial charge in [0, 0.05) is 41.3 Å². The van der Waals surface area contributed by atoms with E-state index in [0.29, 0.717) is 4.96 Å². The number of aromatic amines is 1. The van der Waals surface area contributed by atoms with Crippen LogP contribution in [0.15, 0.2) is 48.2 Å². The summed E-state index contributed by atoms with van der Waals surface area (Å²) in [5.41, 5.74) is 1.98. The van der Waals surface area contributed by atoms with Crippen LogP contribution in [0.25, 0.3) is 15.9 Å². The molecule has 0 aliphatic carbocycles. The predicted molar refractivity (Wildman–Crippen MR) is 94.0 cm³/mol. The van der Waals surface area contributed by atoms with E-state index < -0.39 is 17.9 Å². The number of hydrogen-bond donors (Lipinski definition) is 3. The topological polar surface area (TPSA) is 99.5 Å². The smallest absolute Gasteiger partial charge is 0.326 e. The Kier molecular flexibility index (Phi) is 3.73. The number of carboxylic acid groups (broad SMARTS) is 1. The van der Waals surface area contributed by atoms with Crippen LogP contribution in [0.1, 0.15) is 16.1 Å². The lowest BCUT2D eigenvalue weighted by Crippen LogP contribution is -2.42. The number of carboxylic acids is 1. The molecule has 1 aromatic carbocycles. The Morgan fingerprint density at radius 2 is 2.20 bits per heavy atom. The third-order valence-electron chi connectivity index (χ3n) is 4.03. The molecule has 4 rings (SSSR count). The number of nitrogens with one attached hydrogen (secondary N) is 2. The number of fused-ring (bicyclic) bond motifs is 2. The number of carbonyl (C=O) groups excluding carboxylic acids is 1. The van der Waals surface area contributed by atoms with Crippen LogP contribution in [-0.4, -0.2) is 37.4 Å². The highest BCUT2D eigenvalue weighted by Gasteiger charge is 2.23. The van der Waals surface area contributed by atoms with Crippen molar-refractivity contribution in [2.75, 3.05) is 0 Å². The monoisotopic (exact) mass is 354 g/mol. The van der Waals surface area contributed by atoms with Gasteiger partial charge in [-0.2, -0.15) is 0 Å². The van der Waals surface area contributed by atoms with E-state index in [4.69, 9.17) is 0 Å². The highest BCUT2D eigenvalue weighted by Crippen LogP contribution is 2.19. The standard InChI is InChI=1S/C17H14N4O3S/c22-15(14-9-21-5-6-25-17(21)20-14)19-13(16(23)24)7-10-8-18-12-4-2-1-3-11(10)12/h1-6,8-9,13,18H,7H2,(H,19,22)(H,23,24)/t13-/m0/s1. The second-order valence-electron chi connectivity index (χ2n) is 5.65. The van der Waals surface area contributed by atoms with Crippen molar-refractivity contribution in [2.45, 2.75) is 12.5 Å². The molecule has 0 aliphatic rings. The predicted octanol–water partition coefficient (Wildman–Crippen LogP) is 2.30. The lowest BCUT2D eigenvalue weighted by molar-refractivity contribution is -0.139. The van der Waals surface area contributed by atoms with Crippen LogP contribution in [0.5, 0.6) is 0 Å². The molecule has 0 spiro atoms. The number of aliphatic carboxylic acids is 1. The Morgan fingerprint density at radius 3 is 3.00 bits per heavy atom. The number of hydrogen-bond acceptors (Lipinski definition) is 4. The van der Waals surface area contributed by atoms with Crippen molar-refractivity contribution in [1.82, 2.24) is 19.7 Å². The first-order valence-corrected chi connectivity index (χ1v) is 8.50. The average molecular weight is 354 g/mol. The molecule has 0 aliphatic heterocycles. The van der Waals surface area contributed by atoms with Gasteiger partial charge in [-0.15, -0.1) is 11.3 Å². The SMILES string of the molecule is O=C(N[C@@H](Cc1c[nH]c2ccccc12)C(=O)O)c1cn2ccsc2n1. The summed E-state index contributed by atoms with van der Waals surface area (Å²) in [6.45, 7) is 0. The van der Waals surface area contributed by atoms with Gasteiger partial charge in [0.15, 0.2) is 4.96 Å². The number of aromatic nitrogens is 3. The quantitative estimate of drug-likeness (QED) is 0.512. The molecule has 4 aromatic rings. The fourth-order valence-corrected chi connectivity index (χ4v) is 3.49. The first kappa shape index (κ1) is 15.4. The van der Waals surface area contributed by atoms with Gasteiger partial charge in [0.05, 0.1) is 0 Å². The molecule has 0 saturated heterocycles. The van der Waals surface area contributed by atoms with Crippen molar-refractivity contribution in [3.05, 3.63) is 59.5 Å². The molecular formula is C17H14N4O3S. The number of H-pyrrole nitrogens is 1. The summed E-state index contributed by atoms with van der Waals surface area (Å²) in [5, 5.41) is 14.9. The molecule has 0 fully saturated rings. The molecule has 0 saturated carbocycles. The summed E-state index contributed by atoms with van der Waals surface area (Å²) in [6, 6.07) is 6.61. The number of imidazole rings is 1. The van der Waals surface area contributed by atoms with Crippen molar-refractivity contribution in [3.63, 3.8) is 0 Å². The molecule has 126 valence electrons. The first-order valence-electron chi connectivity index (χ1n) is 7.62. The van der Waals surface area contributed by atoms with Gasteiger partial charge in [0.25, 0.3) is 5.91 Å². The Hall–Kier alpha value is -3.13. The number of benzene rings is 1. The zero-order valence-electron chi connectivity index (χ0n) is 13.0. The van der Waals surface area contributed by atoms with Crippen molar-refractivity contribution in [3.8, 4) is 0 Å². The first-order chi connectivity index (χ1) is 12.1. The van der Waals surface area contributed by atoms with Crippen molar-refractivity contribution < 1.29 is 14.7 Å². The van der Waals surface area contributed by atoms with Crippen LogP contribution < -0.4 is 5.32 Å². The zero-order valence-corrected chi connectivity index (χ0v) is 13.8. The van der Waals surface area contributed by atoms with Gasteiger partial charge >= 0.3 is 5.97 Å². The lowest BCUT2D eigenvalue weighted by Gasteiger charge is -2.13. The second kappa shape index (κ2) is 6.06. The summed E-state index contributed by atoms with van der Waals surface area (Å²) in [7, 11) is 0. The summed E-state index contributed by atoms with van der Waals surface area (Å²) in [4.78, 5) is 32.0. The van der Waals surface area contributed by atoms with E-state index in [1.807, 2.05) is 29.6 Å². The van der Waals surface area contributed by atoms with E-state index in [1.165, 1.54) is 11.3 Å². The molecule has 0 radical (unpaired) electrons. The van der Waals surface area contributed by atoms with E-state index in [-0.39, 0.29) is 12.1 Å². The molecule has 0 unspecified atom stereocenters. The molecule has 1 atom stereocenters. The summed E-state index contributed by atoms with van der Waals surface area (Å²) in [6.07, 6.45) is 5.35. The van der Waals surface area contributed by atoms with Crippen molar-refractivity contribution >= 4 is 39.1 Å². The van der Waals surface area contributed by atoms with E-state index in [1.54, 1.807) is 23.0 Å². The largest absolute Gasteiger partial charge is 0.480 e. The van der Waals surface area contributed by atoms with Crippen LogP contribution in [0.3, 0.4) is 0 Å². The van der Waals surface area contributed by atoms with Gasteiger partial charge in [-0.3, -0.25) is 9.20 Å². The molecule has 7 nitrogen and oxygen atoms in total. The molecule has 3 N–H and O–H groups in total. The van der Waals surface area contributed by atoms with Gasteiger partial charge in [0.2, 0.25) is 0 Å². The van der Waals surface area contributed by atoms with Crippen LogP contribution in [0.2, 0.25) is 0 Å². The third kappa shape index (κ3) is 2.87. The highest BCUT2D eigenvalue weighted by atomic mass is 32.1. The third-order valence-corrected chi connectivity index (χ3v) is 4.80. The summed E-state index contributed by atoms with van der Waals surface area (Å²) >= 11 is 1.41. The highest BCUT2D eigenvalue weighted by molar-refractivity contribution is 7.15. The maximum Gasteiger partial charge on any atom is 0.326 e. The van der Waals surface area contributed by atoms with E-state index in [0.717, 1.165) is 16.5 Å². The minimum Gasteiger partial charge on any atom is -0.480 e. The van der Waals surface area contributed by atoms with Crippen LogP contribution >= 0.6 is 11.3 Å². The normalized spacial score (nSPS) is 12.5. The molecular weight excluding hydrogens is 340 g/mol. The number of carbonyl (C=O) groups is 2. The van der Waals surface area contributed by atoms with Crippen molar-refractivity contribution in [2.24, 2.45) is 0 Å². The molecule has 3 aromatic heterocycles. The minimum absolute atomic E-state index is 0.188. The van der Waals surface area contributed by atoms with E-state index >= 15 is 0 Å². The van der Waals surface area contributed by atoms with Gasteiger partial charge in [-0.1, -0.05) is 18.2 Å². The molecule has 1 amide bonds. The minimum atomic E-state index is -1.08.